The number of benzene rings is 2. The van der Waals surface area contributed by atoms with Crippen LogP contribution in [-0.4, -0.2) is 11.0 Å². The number of hydrogen-bond acceptors (Lipinski definition) is 2. The van der Waals surface area contributed by atoms with Crippen molar-refractivity contribution >= 4 is 40.5 Å². The van der Waals surface area contributed by atoms with E-state index in [1.54, 1.807) is 48.5 Å². The summed E-state index contributed by atoms with van der Waals surface area (Å²) in [6, 6.07) is 15.6. The third kappa shape index (κ3) is 3.10. The molecule has 5 heteroatoms. The minimum atomic E-state index is -0.268. The maximum absolute atomic E-state index is 12.4. The molecule has 96 valence electrons. The van der Waals surface area contributed by atoms with Crippen molar-refractivity contribution in [2.24, 2.45) is 5.73 Å². The number of thiocarbonyl (C=S) groups is 1. The first-order chi connectivity index (χ1) is 9.09. The fraction of sp³-hybridized carbons (Fsp3) is 0. The first-order valence-electron chi connectivity index (χ1n) is 5.54. The molecule has 2 rings (SSSR count). The first-order valence-corrected chi connectivity index (χ1v) is 6.32. The molecule has 0 saturated carbocycles. The van der Waals surface area contributed by atoms with Gasteiger partial charge < -0.3 is 5.73 Å². The topological polar surface area (TPSA) is 46.3 Å². The quantitative estimate of drug-likeness (QED) is 0.864. The molecule has 19 heavy (non-hydrogen) atoms. The number of anilines is 1. The van der Waals surface area contributed by atoms with Crippen LogP contribution in [-0.2, 0) is 0 Å². The van der Waals surface area contributed by atoms with E-state index in [9.17, 15) is 4.79 Å². The van der Waals surface area contributed by atoms with Gasteiger partial charge in [-0.1, -0.05) is 29.8 Å². The van der Waals surface area contributed by atoms with Crippen molar-refractivity contribution in [3.8, 4) is 0 Å². The monoisotopic (exact) mass is 290 g/mol. The second-order valence-corrected chi connectivity index (χ2v) is 4.68. The molecule has 0 aliphatic rings. The lowest BCUT2D eigenvalue weighted by atomic mass is 10.2. The number of nitrogens with two attached hydrogens (primary N) is 1. The van der Waals surface area contributed by atoms with E-state index >= 15 is 0 Å². The number of nitrogens with zero attached hydrogens (tertiary/aromatic N) is 1. The van der Waals surface area contributed by atoms with E-state index in [1.807, 2.05) is 6.07 Å². The number of rotatable bonds is 2. The highest BCUT2D eigenvalue weighted by molar-refractivity contribution is 7.80. The lowest BCUT2D eigenvalue weighted by Crippen LogP contribution is -2.40. The van der Waals surface area contributed by atoms with Crippen molar-refractivity contribution in [2.75, 3.05) is 4.90 Å². The van der Waals surface area contributed by atoms with Crippen molar-refractivity contribution in [2.45, 2.75) is 0 Å². The van der Waals surface area contributed by atoms with Crippen molar-refractivity contribution in [1.29, 1.82) is 0 Å². The number of halogens is 1. The highest BCUT2D eigenvalue weighted by Gasteiger charge is 2.19. The molecule has 0 aromatic heterocycles. The van der Waals surface area contributed by atoms with Crippen LogP contribution in [0.1, 0.15) is 10.4 Å². The van der Waals surface area contributed by atoms with Gasteiger partial charge in [0.25, 0.3) is 5.91 Å². The predicted octanol–water partition coefficient (Wildman–Crippen LogP) is 3.23. The van der Waals surface area contributed by atoms with Gasteiger partial charge in [-0.15, -0.1) is 0 Å². The van der Waals surface area contributed by atoms with E-state index < -0.39 is 0 Å². The molecule has 0 unspecified atom stereocenters. The summed E-state index contributed by atoms with van der Waals surface area (Å²) in [5, 5.41) is 0.579. The second-order valence-electron chi connectivity index (χ2n) is 3.82. The third-order valence-electron chi connectivity index (χ3n) is 2.53. The van der Waals surface area contributed by atoms with Gasteiger partial charge in [-0.05, 0) is 48.6 Å². The molecule has 0 aliphatic heterocycles. The van der Waals surface area contributed by atoms with E-state index in [0.29, 0.717) is 16.3 Å². The summed E-state index contributed by atoms with van der Waals surface area (Å²) in [5.74, 6) is -0.268. The van der Waals surface area contributed by atoms with E-state index in [1.165, 1.54) is 4.90 Å². The molecule has 0 spiro atoms. The van der Waals surface area contributed by atoms with Crippen LogP contribution < -0.4 is 10.6 Å². The molecule has 0 atom stereocenters. The van der Waals surface area contributed by atoms with Gasteiger partial charge in [0.05, 0.1) is 5.69 Å². The Morgan fingerprint density at radius 3 is 2.16 bits per heavy atom. The maximum Gasteiger partial charge on any atom is 0.264 e. The summed E-state index contributed by atoms with van der Waals surface area (Å²) in [5.41, 5.74) is 6.76. The Kier molecular flexibility index (Phi) is 4.14. The summed E-state index contributed by atoms with van der Waals surface area (Å²) in [6.07, 6.45) is 0. The van der Waals surface area contributed by atoms with Gasteiger partial charge >= 0.3 is 0 Å². The van der Waals surface area contributed by atoms with Crippen LogP contribution >= 0.6 is 23.8 Å². The van der Waals surface area contributed by atoms with Gasteiger partial charge in [-0.3, -0.25) is 9.69 Å². The summed E-state index contributed by atoms with van der Waals surface area (Å²) in [4.78, 5) is 13.7. The third-order valence-corrected chi connectivity index (χ3v) is 2.96. The van der Waals surface area contributed by atoms with Crippen LogP contribution in [0.4, 0.5) is 5.69 Å². The summed E-state index contributed by atoms with van der Waals surface area (Å²) < 4.78 is 0. The van der Waals surface area contributed by atoms with Crippen LogP contribution in [0.5, 0.6) is 0 Å². The fourth-order valence-electron chi connectivity index (χ4n) is 1.64. The molecule has 0 heterocycles. The van der Waals surface area contributed by atoms with Crippen LogP contribution in [0, 0.1) is 0 Å². The predicted molar refractivity (Wildman–Crippen MR) is 81.5 cm³/mol. The Morgan fingerprint density at radius 2 is 1.63 bits per heavy atom. The van der Waals surface area contributed by atoms with E-state index in [0.717, 1.165) is 0 Å². The molecule has 0 saturated heterocycles. The average molecular weight is 291 g/mol. The van der Waals surface area contributed by atoms with Crippen molar-refractivity contribution < 1.29 is 4.79 Å². The van der Waals surface area contributed by atoms with Crippen LogP contribution in [0.2, 0.25) is 5.02 Å². The molecule has 3 nitrogen and oxygen atoms in total. The zero-order valence-electron chi connectivity index (χ0n) is 9.92. The Morgan fingerprint density at radius 1 is 1.05 bits per heavy atom. The Hall–Kier alpha value is -1.91. The van der Waals surface area contributed by atoms with E-state index in [4.69, 9.17) is 29.6 Å². The fourth-order valence-corrected chi connectivity index (χ4v) is 1.96. The molecule has 0 fully saturated rings. The summed E-state index contributed by atoms with van der Waals surface area (Å²) >= 11 is 10.8. The van der Waals surface area contributed by atoms with Crippen molar-refractivity contribution in [3.05, 3.63) is 65.2 Å². The van der Waals surface area contributed by atoms with Gasteiger partial charge in [0.1, 0.15) is 0 Å². The smallest absolute Gasteiger partial charge is 0.264 e. The minimum absolute atomic E-state index is 0.00354. The first kappa shape index (κ1) is 13.5. The molecular weight excluding hydrogens is 280 g/mol. The van der Waals surface area contributed by atoms with Crippen molar-refractivity contribution in [3.63, 3.8) is 0 Å². The van der Waals surface area contributed by atoms with E-state index in [-0.39, 0.29) is 11.0 Å². The van der Waals surface area contributed by atoms with Gasteiger partial charge in [0.15, 0.2) is 5.11 Å². The Labute approximate surface area is 121 Å². The maximum atomic E-state index is 12.4. The number of amides is 1. The largest absolute Gasteiger partial charge is 0.376 e. The zero-order valence-corrected chi connectivity index (χ0v) is 11.5. The van der Waals surface area contributed by atoms with Crippen molar-refractivity contribution in [1.82, 2.24) is 0 Å². The molecule has 0 aliphatic carbocycles. The highest BCUT2D eigenvalue weighted by atomic mass is 35.5. The Balaban J connectivity index is 2.39. The average Bonchev–Trinajstić information content (AvgIpc) is 2.42. The van der Waals surface area contributed by atoms with Crippen LogP contribution in [0.25, 0.3) is 0 Å². The normalized spacial score (nSPS) is 9.95. The molecule has 1 amide bonds. The van der Waals surface area contributed by atoms with Gasteiger partial charge in [0, 0.05) is 10.6 Å². The zero-order chi connectivity index (χ0) is 13.8. The van der Waals surface area contributed by atoms with Gasteiger partial charge in [-0.25, -0.2) is 0 Å². The molecule has 0 bridgehead atoms. The number of carbonyl (C=O) groups is 1. The van der Waals surface area contributed by atoms with Gasteiger partial charge in [-0.2, -0.15) is 0 Å². The lowest BCUT2D eigenvalue weighted by molar-refractivity contribution is 0.100. The van der Waals surface area contributed by atoms with E-state index in [2.05, 4.69) is 0 Å². The van der Waals surface area contributed by atoms with Crippen LogP contribution in [0.15, 0.2) is 54.6 Å². The summed E-state index contributed by atoms with van der Waals surface area (Å²) in [6.45, 7) is 0. The van der Waals surface area contributed by atoms with Crippen LogP contribution in [0.3, 0.4) is 0 Å². The molecule has 2 aromatic rings. The minimum Gasteiger partial charge on any atom is -0.376 e. The Bertz CT molecular complexity index is 599. The lowest BCUT2D eigenvalue weighted by Gasteiger charge is -2.21. The standard InChI is InChI=1S/C14H11ClN2OS/c15-11-6-8-12(9-7-11)17(14(16)19)13(18)10-4-2-1-3-5-10/h1-9H,(H2,16,19). The van der Waals surface area contributed by atoms with Gasteiger partial charge in [0.2, 0.25) is 0 Å². The number of carbonyl (C=O) groups excluding carboxylic acids is 1. The summed E-state index contributed by atoms with van der Waals surface area (Å²) in [7, 11) is 0. The second kappa shape index (κ2) is 5.82. The highest BCUT2D eigenvalue weighted by Crippen LogP contribution is 2.20. The SMILES string of the molecule is NC(=S)N(C(=O)c1ccccc1)c1ccc(Cl)cc1. The molecule has 2 aromatic carbocycles. The molecular formula is C14H11ClN2OS. The number of hydrogen-bond donors (Lipinski definition) is 1. The molecule has 2 N–H and O–H groups in total. The molecule has 0 radical (unpaired) electrons.